The Balaban J connectivity index is 2.17. The summed E-state index contributed by atoms with van der Waals surface area (Å²) in [6.07, 6.45) is 0. The second kappa shape index (κ2) is 4.91. The van der Waals surface area contributed by atoms with Crippen molar-refractivity contribution in [3.63, 3.8) is 0 Å². The average molecular weight is 330 g/mol. The molecular formula is C16H12BrNS. The summed E-state index contributed by atoms with van der Waals surface area (Å²) < 4.78 is 1.08. The number of benzene rings is 2. The van der Waals surface area contributed by atoms with Crippen molar-refractivity contribution in [2.24, 2.45) is 0 Å². The fraction of sp³-hybridized carbons (Fsp3) is 0.0625. The van der Waals surface area contributed by atoms with Gasteiger partial charge >= 0.3 is 0 Å². The van der Waals surface area contributed by atoms with Gasteiger partial charge in [0.15, 0.2) is 0 Å². The maximum atomic E-state index is 5.47. The lowest BCUT2D eigenvalue weighted by Crippen LogP contribution is -2.02. The fourth-order valence-electron chi connectivity index (χ4n) is 2.33. The highest BCUT2D eigenvalue weighted by molar-refractivity contribution is 9.10. The molecule has 19 heavy (non-hydrogen) atoms. The van der Waals surface area contributed by atoms with Crippen LogP contribution in [0.25, 0.3) is 11.1 Å². The largest absolute Gasteiger partial charge is 0.346 e. The van der Waals surface area contributed by atoms with Gasteiger partial charge in [0.05, 0.1) is 0 Å². The van der Waals surface area contributed by atoms with E-state index in [1.54, 1.807) is 0 Å². The molecule has 2 aromatic carbocycles. The molecule has 0 radical (unpaired) electrons. The Morgan fingerprint density at radius 3 is 2.47 bits per heavy atom. The highest BCUT2D eigenvalue weighted by atomic mass is 79.9. The number of para-hydroxylation sites is 1. The first-order chi connectivity index (χ1) is 9.16. The van der Waals surface area contributed by atoms with Gasteiger partial charge in [0.1, 0.15) is 4.99 Å². The Kier molecular flexibility index (Phi) is 3.25. The van der Waals surface area contributed by atoms with Gasteiger partial charge in [0, 0.05) is 21.3 Å². The van der Waals surface area contributed by atoms with Crippen LogP contribution in [-0.4, -0.2) is 4.99 Å². The first-order valence-electron chi connectivity index (χ1n) is 6.04. The summed E-state index contributed by atoms with van der Waals surface area (Å²) in [6, 6.07) is 16.6. The highest BCUT2D eigenvalue weighted by Crippen LogP contribution is 2.37. The van der Waals surface area contributed by atoms with Crippen molar-refractivity contribution in [1.82, 2.24) is 0 Å². The van der Waals surface area contributed by atoms with E-state index in [1.165, 1.54) is 16.7 Å². The monoisotopic (exact) mass is 329 g/mol. The van der Waals surface area contributed by atoms with Crippen LogP contribution in [0.15, 0.2) is 53.0 Å². The topological polar surface area (TPSA) is 12.0 Å². The first-order valence-corrected chi connectivity index (χ1v) is 7.24. The number of rotatable bonds is 1. The molecule has 0 aliphatic carbocycles. The summed E-state index contributed by atoms with van der Waals surface area (Å²) in [7, 11) is 0. The van der Waals surface area contributed by atoms with Gasteiger partial charge in [-0.25, -0.2) is 0 Å². The molecule has 0 atom stereocenters. The molecule has 0 saturated carbocycles. The van der Waals surface area contributed by atoms with Crippen molar-refractivity contribution in [2.75, 3.05) is 5.32 Å². The minimum Gasteiger partial charge on any atom is -0.346 e. The molecule has 1 N–H and O–H groups in total. The summed E-state index contributed by atoms with van der Waals surface area (Å²) in [5.41, 5.74) is 5.81. The Morgan fingerprint density at radius 1 is 1.05 bits per heavy atom. The number of halogens is 1. The Morgan fingerprint density at radius 2 is 1.74 bits per heavy atom. The summed E-state index contributed by atoms with van der Waals surface area (Å²) in [5, 5.41) is 3.27. The van der Waals surface area contributed by atoms with Crippen molar-refractivity contribution in [3.8, 4) is 0 Å². The number of anilines is 1. The van der Waals surface area contributed by atoms with Crippen molar-refractivity contribution in [3.05, 3.63) is 64.1 Å². The van der Waals surface area contributed by atoms with Gasteiger partial charge in [-0.15, -0.1) is 0 Å². The molecule has 0 saturated heterocycles. The molecule has 0 fully saturated rings. The Bertz CT molecular complexity index is 686. The number of nitrogens with one attached hydrogen (secondary N) is 1. The van der Waals surface area contributed by atoms with Crippen molar-refractivity contribution in [1.29, 1.82) is 0 Å². The van der Waals surface area contributed by atoms with Gasteiger partial charge in [-0.05, 0) is 36.3 Å². The van der Waals surface area contributed by atoms with Crippen LogP contribution in [0.5, 0.6) is 0 Å². The third-order valence-electron chi connectivity index (χ3n) is 3.32. The van der Waals surface area contributed by atoms with Crippen molar-refractivity contribution >= 4 is 50.0 Å². The zero-order valence-corrected chi connectivity index (χ0v) is 12.8. The van der Waals surface area contributed by atoms with E-state index in [4.69, 9.17) is 12.2 Å². The van der Waals surface area contributed by atoms with Crippen LogP contribution in [0, 0.1) is 0 Å². The molecule has 1 aliphatic heterocycles. The third kappa shape index (κ3) is 2.24. The van der Waals surface area contributed by atoms with E-state index < -0.39 is 0 Å². The summed E-state index contributed by atoms with van der Waals surface area (Å²) in [5.74, 6) is 0. The number of hydrogen-bond donors (Lipinski definition) is 1. The van der Waals surface area contributed by atoms with Gasteiger partial charge in [0.2, 0.25) is 0 Å². The van der Waals surface area contributed by atoms with E-state index in [0.29, 0.717) is 0 Å². The van der Waals surface area contributed by atoms with Crippen LogP contribution in [0.1, 0.15) is 18.1 Å². The van der Waals surface area contributed by atoms with E-state index in [0.717, 1.165) is 20.7 Å². The standard InChI is InChI=1S/C16H12BrNS/c1-10(11-6-8-12(17)9-7-11)15-13-4-2-3-5-14(13)18-16(15)19/h2-9H,1H3,(H,18,19). The molecule has 94 valence electrons. The normalized spacial score (nSPS) is 16.0. The van der Waals surface area contributed by atoms with E-state index in [-0.39, 0.29) is 0 Å². The summed E-state index contributed by atoms with van der Waals surface area (Å²) in [4.78, 5) is 0.807. The number of thiocarbonyl (C=S) groups is 1. The van der Waals surface area contributed by atoms with Gasteiger partial charge in [-0.3, -0.25) is 0 Å². The smallest absolute Gasteiger partial charge is 0.111 e. The first kappa shape index (κ1) is 12.6. The zero-order valence-electron chi connectivity index (χ0n) is 10.4. The molecule has 1 heterocycles. The molecule has 0 aromatic heterocycles. The predicted octanol–water partition coefficient (Wildman–Crippen LogP) is 5.13. The lowest BCUT2D eigenvalue weighted by molar-refractivity contribution is 1.55. The zero-order chi connectivity index (χ0) is 13.4. The number of hydrogen-bond acceptors (Lipinski definition) is 1. The number of fused-ring (bicyclic) bond motifs is 1. The Hall–Kier alpha value is -1.45. The van der Waals surface area contributed by atoms with Crippen LogP contribution in [0.4, 0.5) is 5.69 Å². The fourth-order valence-corrected chi connectivity index (χ4v) is 2.97. The maximum Gasteiger partial charge on any atom is 0.111 e. The van der Waals surface area contributed by atoms with Crippen molar-refractivity contribution in [2.45, 2.75) is 6.92 Å². The lowest BCUT2D eigenvalue weighted by atomic mass is 9.97. The van der Waals surface area contributed by atoms with E-state index in [2.05, 4.69) is 64.6 Å². The molecule has 0 unspecified atom stereocenters. The molecule has 2 aromatic rings. The van der Waals surface area contributed by atoms with Crippen molar-refractivity contribution < 1.29 is 0 Å². The van der Waals surface area contributed by atoms with Gasteiger partial charge in [-0.2, -0.15) is 0 Å². The SMILES string of the molecule is CC(=C1C(=S)Nc2ccccc21)c1ccc(Br)cc1. The minimum absolute atomic E-state index is 0.807. The molecule has 1 nitrogen and oxygen atoms in total. The average Bonchev–Trinajstić information content (AvgIpc) is 2.74. The van der Waals surface area contributed by atoms with E-state index in [9.17, 15) is 0 Å². The van der Waals surface area contributed by atoms with Crippen LogP contribution in [0.2, 0.25) is 0 Å². The maximum absolute atomic E-state index is 5.47. The minimum atomic E-state index is 0.807. The summed E-state index contributed by atoms with van der Waals surface area (Å²) >= 11 is 8.93. The molecule has 0 bridgehead atoms. The predicted molar refractivity (Wildman–Crippen MR) is 89.3 cm³/mol. The van der Waals surface area contributed by atoms with Gasteiger partial charge in [-0.1, -0.05) is 58.5 Å². The molecule has 3 rings (SSSR count). The quantitative estimate of drug-likeness (QED) is 0.574. The second-order valence-corrected chi connectivity index (χ2v) is 5.83. The van der Waals surface area contributed by atoms with E-state index >= 15 is 0 Å². The molecular weight excluding hydrogens is 318 g/mol. The number of allylic oxidation sites excluding steroid dienone is 1. The summed E-state index contributed by atoms with van der Waals surface area (Å²) in [6.45, 7) is 2.12. The van der Waals surface area contributed by atoms with E-state index in [1.807, 2.05) is 12.1 Å². The highest BCUT2D eigenvalue weighted by Gasteiger charge is 2.22. The molecule has 0 spiro atoms. The molecule has 0 amide bonds. The van der Waals surface area contributed by atoms with Gasteiger partial charge < -0.3 is 5.32 Å². The van der Waals surface area contributed by atoms with Crippen LogP contribution >= 0.6 is 28.1 Å². The Labute approximate surface area is 126 Å². The lowest BCUT2D eigenvalue weighted by Gasteiger charge is -2.07. The van der Waals surface area contributed by atoms with Crippen LogP contribution in [-0.2, 0) is 0 Å². The second-order valence-electron chi connectivity index (χ2n) is 4.51. The van der Waals surface area contributed by atoms with Crippen LogP contribution in [0.3, 0.4) is 0 Å². The molecule has 1 aliphatic rings. The van der Waals surface area contributed by atoms with Crippen LogP contribution < -0.4 is 5.32 Å². The van der Waals surface area contributed by atoms with Gasteiger partial charge in [0.25, 0.3) is 0 Å². The third-order valence-corrected chi connectivity index (χ3v) is 4.16. The molecule has 3 heteroatoms.